The number of aryl methyl sites for hydroxylation is 4. The number of hydrogen-bond donors (Lipinski definition) is 0. The summed E-state index contributed by atoms with van der Waals surface area (Å²) in [6.07, 6.45) is 18.5. The fourth-order valence-electron chi connectivity index (χ4n) is 7.17. The highest BCUT2D eigenvalue weighted by atomic mass is 35.5. The van der Waals surface area contributed by atoms with Crippen LogP contribution in [-0.2, 0) is 19.9 Å². The molecule has 0 aliphatic rings. The Morgan fingerprint density at radius 2 is 1.65 bits per heavy atom. The monoisotopic (exact) mass is 719 g/mol. The lowest BCUT2D eigenvalue weighted by Gasteiger charge is -2.19. The van der Waals surface area contributed by atoms with Crippen molar-refractivity contribution in [2.24, 2.45) is 12.0 Å². The number of benzene rings is 3. The van der Waals surface area contributed by atoms with Crippen molar-refractivity contribution in [2.75, 3.05) is 6.54 Å². The van der Waals surface area contributed by atoms with Crippen molar-refractivity contribution in [2.45, 2.75) is 133 Å². The van der Waals surface area contributed by atoms with Gasteiger partial charge in [-0.3, -0.25) is 9.67 Å². The number of rotatable bonds is 18. The Morgan fingerprint density at radius 1 is 0.904 bits per heavy atom. The van der Waals surface area contributed by atoms with Gasteiger partial charge < -0.3 is 0 Å². The molecular weight excluding hydrogens is 654 g/mol. The van der Waals surface area contributed by atoms with Crippen molar-refractivity contribution >= 4 is 33.7 Å². The molecule has 0 radical (unpaired) electrons. The molecule has 3 nitrogen and oxygen atoms in total. The fraction of sp³-hybridized carbons (Fsp3) is 0.458. The van der Waals surface area contributed by atoms with Gasteiger partial charge in [0.05, 0.1) is 6.20 Å². The van der Waals surface area contributed by atoms with Gasteiger partial charge in [-0.25, -0.2) is 0 Å². The Balaban J connectivity index is 0.00000358. The summed E-state index contributed by atoms with van der Waals surface area (Å²) in [4.78, 5) is 4.80. The fourth-order valence-corrected chi connectivity index (χ4v) is 7.49. The third-order valence-corrected chi connectivity index (χ3v) is 10.5. The van der Waals surface area contributed by atoms with E-state index in [0.717, 1.165) is 74.1 Å². The first-order valence-corrected chi connectivity index (χ1v) is 20.3. The predicted octanol–water partition coefficient (Wildman–Crippen LogP) is 14.6. The van der Waals surface area contributed by atoms with Crippen LogP contribution in [0.4, 0.5) is 0 Å². The second-order valence-electron chi connectivity index (χ2n) is 14.2. The molecule has 0 aliphatic heterocycles. The molecule has 4 aromatic rings. The van der Waals surface area contributed by atoms with E-state index < -0.39 is 0 Å². The zero-order valence-corrected chi connectivity index (χ0v) is 34.9. The standard InChI is InChI=1S/C46H60ClN3.C2H6/c1-10-13-14-18-41(48-12-3)27-33(5)20-22-37-28-38(44-23-21-32(4)26-39(44)29-37)17-15-16-19-42(35(7)34(6)11-2)43-24-25-45(47)46(36(43)8)40-30-49-50(9)31-40;1-2/h21,23-31H,6,10-20,22H2,1-5,7-9H3;1-2H3/b33-27+,42-35+,48-41?;. The average molecular weight is 721 g/mol. The molecule has 0 unspecified atom stereocenters. The van der Waals surface area contributed by atoms with Crippen molar-refractivity contribution in [3.63, 3.8) is 0 Å². The lowest BCUT2D eigenvalue weighted by atomic mass is 9.86. The van der Waals surface area contributed by atoms with Crippen LogP contribution in [0.5, 0.6) is 0 Å². The van der Waals surface area contributed by atoms with Gasteiger partial charge in [0.1, 0.15) is 0 Å². The van der Waals surface area contributed by atoms with Gasteiger partial charge in [-0.15, -0.1) is 0 Å². The van der Waals surface area contributed by atoms with Crippen molar-refractivity contribution < 1.29 is 0 Å². The van der Waals surface area contributed by atoms with Gasteiger partial charge in [-0.05, 0) is 149 Å². The first-order chi connectivity index (χ1) is 25.1. The average Bonchev–Trinajstić information content (AvgIpc) is 3.56. The quantitative estimate of drug-likeness (QED) is 0.0572. The number of nitrogens with zero attached hydrogens (tertiary/aromatic N) is 3. The van der Waals surface area contributed by atoms with E-state index in [2.05, 4.69) is 109 Å². The Hall–Kier alpha value is -3.69. The molecule has 1 aromatic heterocycles. The van der Waals surface area contributed by atoms with Crippen LogP contribution in [0.25, 0.3) is 27.5 Å². The maximum absolute atomic E-state index is 6.80. The van der Waals surface area contributed by atoms with Crippen molar-refractivity contribution in [3.8, 4) is 11.1 Å². The molecule has 0 aliphatic carbocycles. The Bertz CT molecular complexity index is 1870. The largest absolute Gasteiger partial charge is 0.290 e. The van der Waals surface area contributed by atoms with Crippen LogP contribution in [0.2, 0.25) is 5.02 Å². The highest BCUT2D eigenvalue weighted by Crippen LogP contribution is 2.39. The molecule has 1 heterocycles. The van der Waals surface area contributed by atoms with E-state index in [0.29, 0.717) is 0 Å². The molecule has 52 heavy (non-hydrogen) atoms. The van der Waals surface area contributed by atoms with Crippen LogP contribution in [-0.4, -0.2) is 22.0 Å². The van der Waals surface area contributed by atoms with E-state index in [9.17, 15) is 0 Å². The minimum atomic E-state index is 0.764. The summed E-state index contributed by atoms with van der Waals surface area (Å²) < 4.78 is 1.84. The molecule has 4 rings (SSSR count). The Labute approximate surface area is 322 Å². The minimum absolute atomic E-state index is 0.764. The summed E-state index contributed by atoms with van der Waals surface area (Å²) in [6, 6.07) is 16.1. The van der Waals surface area contributed by atoms with Gasteiger partial charge >= 0.3 is 0 Å². The van der Waals surface area contributed by atoms with Gasteiger partial charge in [0, 0.05) is 41.7 Å². The first kappa shape index (κ1) is 42.7. The normalized spacial score (nSPS) is 12.5. The topological polar surface area (TPSA) is 30.2 Å². The van der Waals surface area contributed by atoms with E-state index in [1.807, 2.05) is 38.0 Å². The first-order valence-electron chi connectivity index (χ1n) is 19.9. The predicted molar refractivity (Wildman–Crippen MR) is 232 cm³/mol. The molecule has 0 amide bonds. The summed E-state index contributed by atoms with van der Waals surface area (Å²) in [5, 5.41) is 7.94. The number of unbranched alkanes of at least 4 members (excludes halogenated alkanes) is 3. The van der Waals surface area contributed by atoms with Gasteiger partial charge in [-0.1, -0.05) is 112 Å². The Morgan fingerprint density at radius 3 is 2.33 bits per heavy atom. The second-order valence-corrected chi connectivity index (χ2v) is 14.6. The van der Waals surface area contributed by atoms with E-state index in [1.165, 1.54) is 85.9 Å². The molecular formula is C48H66ClN3. The molecule has 0 atom stereocenters. The molecule has 0 bridgehead atoms. The molecule has 0 saturated carbocycles. The number of aromatic nitrogens is 2. The van der Waals surface area contributed by atoms with Gasteiger partial charge in [0.15, 0.2) is 0 Å². The third-order valence-electron chi connectivity index (χ3n) is 10.1. The van der Waals surface area contributed by atoms with E-state index in [1.54, 1.807) is 0 Å². The van der Waals surface area contributed by atoms with Gasteiger partial charge in [0.2, 0.25) is 0 Å². The lowest BCUT2D eigenvalue weighted by molar-refractivity contribution is 0.741. The summed E-state index contributed by atoms with van der Waals surface area (Å²) in [5.41, 5.74) is 15.4. The second kappa shape index (κ2) is 21.7. The molecule has 0 spiro atoms. The number of allylic oxidation sites excluding steroid dienone is 5. The number of hydrogen-bond acceptors (Lipinski definition) is 2. The maximum Gasteiger partial charge on any atom is 0.0568 e. The molecule has 0 N–H and O–H groups in total. The van der Waals surface area contributed by atoms with Crippen LogP contribution in [0, 0.1) is 13.8 Å². The highest BCUT2D eigenvalue weighted by molar-refractivity contribution is 6.33. The summed E-state index contributed by atoms with van der Waals surface area (Å²) in [5.74, 6) is 0. The van der Waals surface area contributed by atoms with E-state index in [-0.39, 0.29) is 0 Å². The lowest BCUT2D eigenvalue weighted by Crippen LogP contribution is -1.99. The van der Waals surface area contributed by atoms with Crippen molar-refractivity contribution in [1.82, 2.24) is 9.78 Å². The zero-order valence-electron chi connectivity index (χ0n) is 34.2. The Kier molecular flexibility index (Phi) is 17.9. The van der Waals surface area contributed by atoms with Gasteiger partial charge in [0.25, 0.3) is 0 Å². The molecule has 0 fully saturated rings. The highest BCUT2D eigenvalue weighted by Gasteiger charge is 2.17. The van der Waals surface area contributed by atoms with E-state index in [4.69, 9.17) is 16.6 Å². The molecule has 3 aromatic carbocycles. The van der Waals surface area contributed by atoms with E-state index >= 15 is 0 Å². The molecule has 280 valence electrons. The van der Waals surface area contributed by atoms with Crippen LogP contribution in [0.1, 0.15) is 134 Å². The smallest absolute Gasteiger partial charge is 0.0568 e. The van der Waals surface area contributed by atoms with Crippen molar-refractivity contribution in [3.05, 3.63) is 117 Å². The van der Waals surface area contributed by atoms with Crippen molar-refractivity contribution in [1.29, 1.82) is 0 Å². The summed E-state index contributed by atoms with van der Waals surface area (Å²) >= 11 is 6.80. The maximum atomic E-state index is 6.80. The molecule has 0 saturated heterocycles. The minimum Gasteiger partial charge on any atom is -0.290 e. The van der Waals surface area contributed by atoms with Crippen LogP contribution < -0.4 is 0 Å². The number of halogens is 1. The van der Waals surface area contributed by atoms with Crippen LogP contribution in [0.3, 0.4) is 0 Å². The number of aliphatic imine (C=N–C) groups is 1. The summed E-state index contributed by atoms with van der Waals surface area (Å²) in [6.45, 7) is 24.8. The molecule has 4 heteroatoms. The van der Waals surface area contributed by atoms with Gasteiger partial charge in [-0.2, -0.15) is 5.10 Å². The third kappa shape index (κ3) is 11.9. The van der Waals surface area contributed by atoms with Crippen LogP contribution in [0.15, 0.2) is 89.2 Å². The SMILES string of the molecule is C=C(CC)/C(C)=C(\CCCCc1cc(CC/C(C)=C/C(CCCCC)=NCC)cc2cc(C)ccc12)c1ccc(Cl)c(-c2cnn(C)c2)c1C.CC. The zero-order chi connectivity index (χ0) is 38.2. The van der Waals surface area contributed by atoms with Crippen LogP contribution >= 0.6 is 11.6 Å². The summed E-state index contributed by atoms with van der Waals surface area (Å²) in [7, 11) is 1.95. The number of fused-ring (bicyclic) bond motifs is 1.